The summed E-state index contributed by atoms with van der Waals surface area (Å²) in [7, 11) is 0. The average molecular weight is 383 g/mol. The Kier molecular flexibility index (Phi) is 4.79. The van der Waals surface area contributed by atoms with Gasteiger partial charge in [0.2, 0.25) is 0 Å². The SMILES string of the molecule is Cc1nsnc1Cn1nnc(C(=O)Nc2ccc(Cl)cc2Cl)c1C. The van der Waals surface area contributed by atoms with Crippen molar-refractivity contribution in [3.05, 3.63) is 51.0 Å². The first kappa shape index (κ1) is 16.8. The molecule has 24 heavy (non-hydrogen) atoms. The van der Waals surface area contributed by atoms with E-state index in [1.54, 1.807) is 29.8 Å². The number of rotatable bonds is 4. The normalized spacial score (nSPS) is 10.8. The standard InChI is InChI=1S/C14H12Cl2N6OS/c1-7-12(20-24-19-7)6-22-8(2)13(18-21-22)14(23)17-11-4-3-9(15)5-10(11)16/h3-5H,6H2,1-2H3,(H,17,23). The first-order valence-corrected chi connectivity index (χ1v) is 8.39. The van der Waals surface area contributed by atoms with Crippen LogP contribution in [0.3, 0.4) is 0 Å². The molecule has 0 saturated carbocycles. The molecule has 0 saturated heterocycles. The summed E-state index contributed by atoms with van der Waals surface area (Å²) in [5.41, 5.74) is 2.96. The molecule has 1 aromatic carbocycles. The van der Waals surface area contributed by atoms with Crippen molar-refractivity contribution in [1.29, 1.82) is 0 Å². The maximum atomic E-state index is 12.4. The van der Waals surface area contributed by atoms with Gasteiger partial charge < -0.3 is 5.32 Å². The topological polar surface area (TPSA) is 85.6 Å². The van der Waals surface area contributed by atoms with Gasteiger partial charge in [-0.05, 0) is 32.0 Å². The zero-order valence-corrected chi connectivity index (χ0v) is 15.1. The second-order valence-electron chi connectivity index (χ2n) is 5.06. The molecule has 2 aromatic heterocycles. The summed E-state index contributed by atoms with van der Waals surface area (Å²) in [4.78, 5) is 12.4. The molecular weight excluding hydrogens is 371 g/mol. The van der Waals surface area contributed by atoms with E-state index in [9.17, 15) is 4.79 Å². The lowest BCUT2D eigenvalue weighted by Crippen LogP contribution is -2.15. The van der Waals surface area contributed by atoms with E-state index in [0.717, 1.165) is 23.1 Å². The van der Waals surface area contributed by atoms with Gasteiger partial charge >= 0.3 is 0 Å². The van der Waals surface area contributed by atoms with Crippen LogP contribution in [0.4, 0.5) is 5.69 Å². The number of nitrogens with zero attached hydrogens (tertiary/aromatic N) is 5. The number of carbonyl (C=O) groups is 1. The van der Waals surface area contributed by atoms with Gasteiger partial charge in [-0.25, -0.2) is 4.68 Å². The molecule has 0 aliphatic heterocycles. The smallest absolute Gasteiger partial charge is 0.278 e. The van der Waals surface area contributed by atoms with Gasteiger partial charge in [0.15, 0.2) is 5.69 Å². The van der Waals surface area contributed by atoms with E-state index in [2.05, 4.69) is 24.4 Å². The Bertz CT molecular complexity index is 907. The van der Waals surface area contributed by atoms with Crippen LogP contribution in [0, 0.1) is 13.8 Å². The summed E-state index contributed by atoms with van der Waals surface area (Å²) in [5, 5.41) is 11.5. The fourth-order valence-corrected chi connectivity index (χ4v) is 3.04. The van der Waals surface area contributed by atoms with Crippen LogP contribution in [0.15, 0.2) is 18.2 Å². The molecule has 2 heterocycles. The number of carbonyl (C=O) groups excluding carboxylic acids is 1. The first-order valence-electron chi connectivity index (χ1n) is 6.90. The number of anilines is 1. The van der Waals surface area contributed by atoms with Crippen LogP contribution in [0.5, 0.6) is 0 Å². The second kappa shape index (κ2) is 6.84. The number of halogens is 2. The van der Waals surface area contributed by atoms with Gasteiger partial charge in [0.1, 0.15) is 0 Å². The average Bonchev–Trinajstić information content (AvgIpc) is 3.10. The maximum absolute atomic E-state index is 12.4. The summed E-state index contributed by atoms with van der Waals surface area (Å²) >= 11 is 13.1. The molecule has 3 rings (SSSR count). The Morgan fingerprint density at radius 3 is 2.75 bits per heavy atom. The quantitative estimate of drug-likeness (QED) is 0.747. The van der Waals surface area contributed by atoms with E-state index in [0.29, 0.717) is 28.0 Å². The molecule has 0 unspecified atom stereocenters. The van der Waals surface area contributed by atoms with Crippen LogP contribution >= 0.6 is 34.9 Å². The molecule has 1 N–H and O–H groups in total. The van der Waals surface area contributed by atoms with E-state index in [1.807, 2.05) is 6.92 Å². The number of aryl methyl sites for hydroxylation is 1. The number of hydrogen-bond acceptors (Lipinski definition) is 6. The van der Waals surface area contributed by atoms with E-state index in [1.165, 1.54) is 0 Å². The van der Waals surface area contributed by atoms with Gasteiger partial charge in [-0.3, -0.25) is 4.79 Å². The number of amides is 1. The lowest BCUT2D eigenvalue weighted by atomic mass is 10.2. The molecular formula is C14H12Cl2N6OS. The van der Waals surface area contributed by atoms with Crippen LogP contribution in [0.25, 0.3) is 0 Å². The van der Waals surface area contributed by atoms with E-state index in [4.69, 9.17) is 23.2 Å². The Balaban J connectivity index is 1.80. The van der Waals surface area contributed by atoms with Crippen molar-refractivity contribution >= 4 is 46.5 Å². The minimum absolute atomic E-state index is 0.224. The third-order valence-electron chi connectivity index (χ3n) is 3.42. The minimum Gasteiger partial charge on any atom is -0.319 e. The molecule has 7 nitrogen and oxygen atoms in total. The first-order chi connectivity index (χ1) is 11.5. The summed E-state index contributed by atoms with van der Waals surface area (Å²) in [6.07, 6.45) is 0. The number of aromatic nitrogens is 5. The summed E-state index contributed by atoms with van der Waals surface area (Å²) in [5.74, 6) is -0.393. The zero-order valence-electron chi connectivity index (χ0n) is 12.7. The predicted octanol–water partition coefficient (Wildman–Crippen LogP) is 3.35. The highest BCUT2D eigenvalue weighted by Gasteiger charge is 2.18. The zero-order chi connectivity index (χ0) is 17.3. The summed E-state index contributed by atoms with van der Waals surface area (Å²) in [6, 6.07) is 4.83. The van der Waals surface area contributed by atoms with Crippen molar-refractivity contribution in [2.75, 3.05) is 5.32 Å². The van der Waals surface area contributed by atoms with Crippen LogP contribution in [0.1, 0.15) is 27.6 Å². The molecule has 124 valence electrons. The van der Waals surface area contributed by atoms with E-state index < -0.39 is 5.91 Å². The van der Waals surface area contributed by atoms with Gasteiger partial charge in [-0.1, -0.05) is 28.4 Å². The summed E-state index contributed by atoms with van der Waals surface area (Å²) in [6.45, 7) is 4.06. The predicted molar refractivity (Wildman–Crippen MR) is 92.9 cm³/mol. The molecule has 0 bridgehead atoms. The highest BCUT2D eigenvalue weighted by atomic mass is 35.5. The molecule has 10 heteroatoms. The lowest BCUT2D eigenvalue weighted by Gasteiger charge is -2.06. The molecule has 0 aliphatic rings. The number of nitrogens with one attached hydrogen (secondary N) is 1. The maximum Gasteiger partial charge on any atom is 0.278 e. The number of benzene rings is 1. The molecule has 0 atom stereocenters. The summed E-state index contributed by atoms with van der Waals surface area (Å²) < 4.78 is 9.94. The Hall–Kier alpha value is -2.03. The molecule has 0 aliphatic carbocycles. The van der Waals surface area contributed by atoms with Crippen molar-refractivity contribution < 1.29 is 4.79 Å². The van der Waals surface area contributed by atoms with Gasteiger partial charge in [0, 0.05) is 5.02 Å². The second-order valence-corrected chi connectivity index (χ2v) is 6.43. The lowest BCUT2D eigenvalue weighted by molar-refractivity contribution is 0.102. The monoisotopic (exact) mass is 382 g/mol. The van der Waals surface area contributed by atoms with Crippen molar-refractivity contribution in [3.8, 4) is 0 Å². The van der Waals surface area contributed by atoms with Crippen molar-refractivity contribution in [1.82, 2.24) is 23.7 Å². The minimum atomic E-state index is -0.393. The third kappa shape index (κ3) is 3.40. The van der Waals surface area contributed by atoms with E-state index >= 15 is 0 Å². The highest BCUT2D eigenvalue weighted by molar-refractivity contribution is 6.99. The van der Waals surface area contributed by atoms with Crippen LogP contribution in [-0.4, -0.2) is 29.6 Å². The van der Waals surface area contributed by atoms with Crippen molar-refractivity contribution in [2.24, 2.45) is 0 Å². The Morgan fingerprint density at radius 2 is 2.08 bits per heavy atom. The number of hydrogen-bond donors (Lipinski definition) is 1. The van der Waals surface area contributed by atoms with Gasteiger partial charge in [0.25, 0.3) is 5.91 Å². The van der Waals surface area contributed by atoms with Gasteiger partial charge in [0.05, 0.1) is 46.1 Å². The Morgan fingerprint density at radius 1 is 1.29 bits per heavy atom. The largest absolute Gasteiger partial charge is 0.319 e. The fourth-order valence-electron chi connectivity index (χ4n) is 2.03. The van der Waals surface area contributed by atoms with Crippen LogP contribution < -0.4 is 5.32 Å². The van der Waals surface area contributed by atoms with Crippen molar-refractivity contribution in [3.63, 3.8) is 0 Å². The highest BCUT2D eigenvalue weighted by Crippen LogP contribution is 2.25. The molecule has 3 aromatic rings. The van der Waals surface area contributed by atoms with E-state index in [-0.39, 0.29) is 5.69 Å². The molecule has 0 fully saturated rings. The fraction of sp³-hybridized carbons (Fsp3) is 0.214. The van der Waals surface area contributed by atoms with Crippen LogP contribution in [0.2, 0.25) is 10.0 Å². The van der Waals surface area contributed by atoms with Gasteiger partial charge in [-0.15, -0.1) is 5.10 Å². The molecule has 0 radical (unpaired) electrons. The van der Waals surface area contributed by atoms with Crippen LogP contribution in [-0.2, 0) is 6.54 Å². The van der Waals surface area contributed by atoms with Crippen molar-refractivity contribution in [2.45, 2.75) is 20.4 Å². The molecule has 1 amide bonds. The molecule has 0 spiro atoms. The Labute approximate surface area is 151 Å². The van der Waals surface area contributed by atoms with Gasteiger partial charge in [-0.2, -0.15) is 8.75 Å². The third-order valence-corrected chi connectivity index (χ3v) is 4.63.